The summed E-state index contributed by atoms with van der Waals surface area (Å²) in [6, 6.07) is 1.93. The van der Waals surface area contributed by atoms with Crippen molar-refractivity contribution in [2.45, 2.75) is 13.1 Å². The second-order valence-electron chi connectivity index (χ2n) is 3.09. The molecule has 0 atom stereocenters. The molecular weight excluding hydrogens is 245 g/mol. The van der Waals surface area contributed by atoms with Crippen LogP contribution in [0.5, 0.6) is 5.75 Å². The monoisotopic (exact) mass is 252 g/mol. The van der Waals surface area contributed by atoms with Gasteiger partial charge < -0.3 is 4.74 Å². The molecule has 0 amide bonds. The van der Waals surface area contributed by atoms with E-state index < -0.39 is 23.1 Å². The Morgan fingerprint density at radius 1 is 1.38 bits per heavy atom. The third-order valence-corrected chi connectivity index (χ3v) is 2.26. The van der Waals surface area contributed by atoms with Crippen LogP contribution in [0.25, 0.3) is 0 Å². The van der Waals surface area contributed by atoms with Gasteiger partial charge in [-0.3, -0.25) is 4.79 Å². The van der Waals surface area contributed by atoms with E-state index in [1.165, 1.54) is 13.2 Å². The van der Waals surface area contributed by atoms with E-state index in [4.69, 9.17) is 11.6 Å². The molecule has 1 aromatic carbocycles. The summed E-state index contributed by atoms with van der Waals surface area (Å²) in [5.74, 6) is -0.776. The van der Waals surface area contributed by atoms with Crippen LogP contribution in [0.2, 0.25) is 5.02 Å². The quantitative estimate of drug-likeness (QED) is 0.752. The Bertz CT molecular complexity index is 427. The van der Waals surface area contributed by atoms with E-state index in [1.807, 2.05) is 0 Å². The largest absolute Gasteiger partial charge is 0.497 e. The Kier molecular flexibility index (Phi) is 3.48. The van der Waals surface area contributed by atoms with Crippen molar-refractivity contribution in [2.24, 2.45) is 0 Å². The maximum Gasteiger partial charge on any atom is 0.417 e. The molecule has 0 aromatic heterocycles. The molecule has 0 radical (unpaired) electrons. The molecule has 0 N–H and O–H groups in total. The predicted molar refractivity (Wildman–Crippen MR) is 53.0 cm³/mol. The van der Waals surface area contributed by atoms with Crippen LogP contribution in [-0.4, -0.2) is 12.9 Å². The molecule has 2 nitrogen and oxygen atoms in total. The van der Waals surface area contributed by atoms with Crippen LogP contribution >= 0.6 is 11.6 Å². The van der Waals surface area contributed by atoms with Gasteiger partial charge >= 0.3 is 6.18 Å². The number of hydrogen-bond donors (Lipinski definition) is 0. The third kappa shape index (κ3) is 2.47. The molecule has 6 heteroatoms. The number of Topliss-reactive ketones (excluding diaryl/α,β-unsaturated/α-hetero) is 1. The van der Waals surface area contributed by atoms with E-state index in [1.54, 1.807) is 0 Å². The molecule has 88 valence electrons. The van der Waals surface area contributed by atoms with Gasteiger partial charge in [-0.2, -0.15) is 13.2 Å². The van der Waals surface area contributed by atoms with E-state index in [-0.39, 0.29) is 10.8 Å². The normalized spacial score (nSPS) is 11.4. The summed E-state index contributed by atoms with van der Waals surface area (Å²) in [5, 5.41) is -0.265. The topological polar surface area (TPSA) is 26.3 Å². The van der Waals surface area contributed by atoms with Crippen LogP contribution in [0.4, 0.5) is 13.2 Å². The van der Waals surface area contributed by atoms with Gasteiger partial charge in [0.1, 0.15) is 5.75 Å². The highest BCUT2D eigenvalue weighted by Crippen LogP contribution is 2.38. The lowest BCUT2D eigenvalue weighted by atomic mass is 10.0. The Hall–Kier alpha value is -1.23. The number of carbonyl (C=O) groups excluding carboxylic acids is 1. The summed E-state index contributed by atoms with van der Waals surface area (Å²) in [5.41, 5.74) is -1.61. The second kappa shape index (κ2) is 4.33. The number of ether oxygens (including phenoxy) is 1. The molecule has 0 saturated heterocycles. The van der Waals surface area contributed by atoms with Gasteiger partial charge in [0, 0.05) is 5.56 Å². The summed E-state index contributed by atoms with van der Waals surface area (Å²) in [6.07, 6.45) is -4.64. The summed E-state index contributed by atoms with van der Waals surface area (Å²) in [6.45, 7) is 1.03. The Balaban J connectivity index is 3.53. The lowest BCUT2D eigenvalue weighted by Crippen LogP contribution is -2.12. The standard InChI is InChI=1S/C10H8ClF3O2/c1-5(15)9-7(10(12,13)14)3-6(16-2)4-8(9)11/h3-4H,1-2H3. The minimum absolute atomic E-state index is 0.0395. The van der Waals surface area contributed by atoms with Crippen molar-refractivity contribution < 1.29 is 22.7 Å². The highest BCUT2D eigenvalue weighted by atomic mass is 35.5. The lowest BCUT2D eigenvalue weighted by molar-refractivity contribution is -0.138. The molecule has 0 unspecified atom stereocenters. The molecular formula is C10H8ClF3O2. The maximum absolute atomic E-state index is 12.6. The molecule has 0 aliphatic rings. The first kappa shape index (κ1) is 12.8. The number of methoxy groups -OCH3 is 1. The van der Waals surface area contributed by atoms with Crippen LogP contribution in [0.1, 0.15) is 22.8 Å². The van der Waals surface area contributed by atoms with Gasteiger partial charge in [0.15, 0.2) is 5.78 Å². The molecule has 0 aliphatic carbocycles. The zero-order valence-corrected chi connectivity index (χ0v) is 9.24. The molecule has 1 aromatic rings. The first-order valence-corrected chi connectivity index (χ1v) is 4.61. The number of carbonyl (C=O) groups is 1. The van der Waals surface area contributed by atoms with Gasteiger partial charge in [-0.05, 0) is 19.1 Å². The van der Waals surface area contributed by atoms with Gasteiger partial charge in [0.05, 0.1) is 17.7 Å². The average molecular weight is 253 g/mol. The SMILES string of the molecule is COc1cc(Cl)c(C(C)=O)c(C(F)(F)F)c1. The van der Waals surface area contributed by atoms with E-state index in [0.717, 1.165) is 13.0 Å². The van der Waals surface area contributed by atoms with Crippen molar-refractivity contribution >= 4 is 17.4 Å². The Morgan fingerprint density at radius 3 is 2.31 bits per heavy atom. The second-order valence-corrected chi connectivity index (χ2v) is 3.49. The first-order chi connectivity index (χ1) is 7.27. The highest BCUT2D eigenvalue weighted by molar-refractivity contribution is 6.34. The molecule has 0 bridgehead atoms. The lowest BCUT2D eigenvalue weighted by Gasteiger charge is -2.14. The van der Waals surface area contributed by atoms with Crippen molar-refractivity contribution in [1.82, 2.24) is 0 Å². The van der Waals surface area contributed by atoms with Crippen molar-refractivity contribution in [1.29, 1.82) is 0 Å². The predicted octanol–water partition coefficient (Wildman–Crippen LogP) is 3.57. The minimum Gasteiger partial charge on any atom is -0.497 e. The summed E-state index contributed by atoms with van der Waals surface area (Å²) in [4.78, 5) is 11.1. The van der Waals surface area contributed by atoms with Crippen molar-refractivity contribution in [3.05, 3.63) is 28.3 Å². The smallest absolute Gasteiger partial charge is 0.417 e. The van der Waals surface area contributed by atoms with Crippen molar-refractivity contribution in [3.8, 4) is 5.75 Å². The third-order valence-electron chi connectivity index (χ3n) is 1.96. The van der Waals surface area contributed by atoms with E-state index in [2.05, 4.69) is 4.74 Å². The molecule has 16 heavy (non-hydrogen) atoms. The number of ketones is 1. The average Bonchev–Trinajstić information content (AvgIpc) is 2.14. The number of hydrogen-bond acceptors (Lipinski definition) is 2. The van der Waals surface area contributed by atoms with Crippen LogP contribution in [0.15, 0.2) is 12.1 Å². The Morgan fingerprint density at radius 2 is 1.94 bits per heavy atom. The Labute approximate surface area is 95.0 Å². The van der Waals surface area contributed by atoms with Crippen LogP contribution in [0.3, 0.4) is 0 Å². The molecule has 1 rings (SSSR count). The maximum atomic E-state index is 12.6. The first-order valence-electron chi connectivity index (χ1n) is 4.23. The fourth-order valence-corrected chi connectivity index (χ4v) is 1.62. The molecule has 0 heterocycles. The zero-order valence-electron chi connectivity index (χ0n) is 8.48. The fraction of sp³-hybridized carbons (Fsp3) is 0.300. The fourth-order valence-electron chi connectivity index (χ4n) is 1.28. The van der Waals surface area contributed by atoms with Crippen molar-refractivity contribution in [3.63, 3.8) is 0 Å². The molecule has 0 saturated carbocycles. The van der Waals surface area contributed by atoms with E-state index in [0.29, 0.717) is 0 Å². The number of benzene rings is 1. The molecule has 0 spiro atoms. The van der Waals surface area contributed by atoms with Crippen molar-refractivity contribution in [2.75, 3.05) is 7.11 Å². The van der Waals surface area contributed by atoms with E-state index in [9.17, 15) is 18.0 Å². The number of alkyl halides is 3. The molecule has 0 fully saturated rings. The van der Waals surface area contributed by atoms with Gasteiger partial charge in [0.25, 0.3) is 0 Å². The minimum atomic E-state index is -4.64. The summed E-state index contributed by atoms with van der Waals surface area (Å²) >= 11 is 5.61. The molecule has 0 aliphatic heterocycles. The summed E-state index contributed by atoms with van der Waals surface area (Å²) < 4.78 is 42.6. The van der Waals surface area contributed by atoms with Crippen LogP contribution in [0, 0.1) is 0 Å². The van der Waals surface area contributed by atoms with E-state index >= 15 is 0 Å². The van der Waals surface area contributed by atoms with Gasteiger partial charge in [-0.1, -0.05) is 11.6 Å². The zero-order chi connectivity index (χ0) is 12.5. The van der Waals surface area contributed by atoms with Gasteiger partial charge in [-0.25, -0.2) is 0 Å². The van der Waals surface area contributed by atoms with Gasteiger partial charge in [0.2, 0.25) is 0 Å². The number of rotatable bonds is 2. The van der Waals surface area contributed by atoms with Gasteiger partial charge in [-0.15, -0.1) is 0 Å². The van der Waals surface area contributed by atoms with Crippen LogP contribution in [-0.2, 0) is 6.18 Å². The highest BCUT2D eigenvalue weighted by Gasteiger charge is 2.36. The summed E-state index contributed by atoms with van der Waals surface area (Å²) in [7, 11) is 1.22. The van der Waals surface area contributed by atoms with Crippen LogP contribution < -0.4 is 4.74 Å². The number of halogens is 4.